The molecule has 9 heteroatoms. The number of hydrogen-bond donors (Lipinski definition) is 3. The lowest BCUT2D eigenvalue weighted by atomic mass is 10.0. The summed E-state index contributed by atoms with van der Waals surface area (Å²) < 4.78 is 38.3. The van der Waals surface area contributed by atoms with Crippen molar-refractivity contribution in [1.29, 1.82) is 0 Å². The molecule has 0 spiro atoms. The van der Waals surface area contributed by atoms with Crippen molar-refractivity contribution in [1.82, 2.24) is 5.32 Å². The smallest absolute Gasteiger partial charge is 0.394 e. The zero-order valence-corrected chi connectivity index (χ0v) is 10.6. The van der Waals surface area contributed by atoms with E-state index in [4.69, 9.17) is 10.2 Å². The highest BCUT2D eigenvalue weighted by molar-refractivity contribution is 5.94. The van der Waals surface area contributed by atoms with E-state index < -0.39 is 30.5 Å². The van der Waals surface area contributed by atoms with Crippen LogP contribution in [0.25, 0.3) is 0 Å². The van der Waals surface area contributed by atoms with E-state index in [-0.39, 0.29) is 17.7 Å². The van der Waals surface area contributed by atoms with Crippen molar-refractivity contribution in [2.45, 2.75) is 17.9 Å². The molecule has 0 aliphatic carbocycles. The molecule has 0 saturated heterocycles. The van der Waals surface area contributed by atoms with E-state index in [2.05, 4.69) is 15.5 Å². The second-order valence-electron chi connectivity index (χ2n) is 4.49. The molecule has 1 aromatic rings. The number of halogens is 3. The second kappa shape index (κ2) is 5.41. The lowest BCUT2D eigenvalue weighted by Crippen LogP contribution is -2.34. The van der Waals surface area contributed by atoms with Crippen LogP contribution < -0.4 is 5.32 Å². The van der Waals surface area contributed by atoms with Gasteiger partial charge in [-0.15, -0.1) is 10.2 Å². The Labute approximate surface area is 117 Å². The van der Waals surface area contributed by atoms with Crippen molar-refractivity contribution >= 4 is 5.91 Å². The maximum Gasteiger partial charge on any atom is 0.442 e. The minimum Gasteiger partial charge on any atom is -0.394 e. The van der Waals surface area contributed by atoms with Gasteiger partial charge in [-0.05, 0) is 12.1 Å². The molecule has 3 N–H and O–H groups in total. The van der Waals surface area contributed by atoms with Crippen LogP contribution in [0.5, 0.6) is 0 Å². The van der Waals surface area contributed by atoms with Gasteiger partial charge in [-0.25, -0.2) is 0 Å². The van der Waals surface area contributed by atoms with Crippen LogP contribution in [0.2, 0.25) is 0 Å². The van der Waals surface area contributed by atoms with Gasteiger partial charge in [0.05, 0.1) is 12.7 Å². The van der Waals surface area contributed by atoms with Gasteiger partial charge in [0.25, 0.3) is 5.91 Å². The molecule has 1 aliphatic rings. The highest BCUT2D eigenvalue weighted by Crippen LogP contribution is 2.52. The van der Waals surface area contributed by atoms with Gasteiger partial charge in [-0.2, -0.15) is 13.2 Å². The third-order valence-corrected chi connectivity index (χ3v) is 2.95. The van der Waals surface area contributed by atoms with Gasteiger partial charge in [0, 0.05) is 17.7 Å². The van der Waals surface area contributed by atoms with Crippen LogP contribution >= 0.6 is 0 Å². The fraction of sp³-hybridized carbons (Fsp3) is 0.417. The summed E-state index contributed by atoms with van der Waals surface area (Å²) in [5, 5.41) is 26.1. The van der Waals surface area contributed by atoms with E-state index in [9.17, 15) is 18.0 Å². The first-order valence-electron chi connectivity index (χ1n) is 5.98. The molecule has 1 aliphatic heterocycles. The molecule has 0 aromatic heterocycles. The zero-order valence-electron chi connectivity index (χ0n) is 10.6. The maximum absolute atomic E-state index is 12.8. The van der Waals surface area contributed by atoms with Crippen LogP contribution in [0.3, 0.4) is 0 Å². The van der Waals surface area contributed by atoms with Crippen LogP contribution in [0.1, 0.15) is 15.9 Å². The molecule has 2 rings (SSSR count). The van der Waals surface area contributed by atoms with Crippen LogP contribution in [0, 0.1) is 0 Å². The molecular formula is C12H12F3N3O3. The van der Waals surface area contributed by atoms with E-state index in [1.165, 1.54) is 12.1 Å². The Morgan fingerprint density at radius 2 is 1.86 bits per heavy atom. The van der Waals surface area contributed by atoms with Crippen molar-refractivity contribution in [3.05, 3.63) is 35.4 Å². The fourth-order valence-corrected chi connectivity index (χ4v) is 1.67. The normalized spacial score (nSPS) is 17.4. The number of nitrogens with one attached hydrogen (secondary N) is 1. The topological polar surface area (TPSA) is 94.3 Å². The highest BCUT2D eigenvalue weighted by Gasteiger charge is 2.65. The molecule has 0 fully saturated rings. The molecule has 0 bridgehead atoms. The monoisotopic (exact) mass is 303 g/mol. The molecular weight excluding hydrogens is 291 g/mol. The number of aliphatic hydroxyl groups is 2. The van der Waals surface area contributed by atoms with Crippen molar-refractivity contribution in [3.63, 3.8) is 0 Å². The van der Waals surface area contributed by atoms with Crippen molar-refractivity contribution in [2.75, 3.05) is 13.2 Å². The Morgan fingerprint density at radius 3 is 2.29 bits per heavy atom. The number of aliphatic hydroxyl groups excluding tert-OH is 2. The summed E-state index contributed by atoms with van der Waals surface area (Å²) >= 11 is 0. The largest absolute Gasteiger partial charge is 0.442 e. The fourth-order valence-electron chi connectivity index (χ4n) is 1.67. The molecule has 0 radical (unpaired) electrons. The Bertz CT molecular complexity index is 551. The predicted molar refractivity (Wildman–Crippen MR) is 64.5 cm³/mol. The molecule has 1 unspecified atom stereocenters. The lowest BCUT2D eigenvalue weighted by molar-refractivity contribution is -0.166. The van der Waals surface area contributed by atoms with Gasteiger partial charge in [0.1, 0.15) is 0 Å². The Hall–Kier alpha value is -2.00. The van der Waals surface area contributed by atoms with Crippen LogP contribution in [-0.2, 0) is 5.66 Å². The molecule has 114 valence electrons. The molecule has 0 saturated carbocycles. The van der Waals surface area contributed by atoms with Gasteiger partial charge in [0.2, 0.25) is 0 Å². The number of nitrogens with zero attached hydrogens (tertiary/aromatic N) is 2. The average Bonchev–Trinajstić information content (AvgIpc) is 3.25. The molecule has 1 aromatic carbocycles. The summed E-state index contributed by atoms with van der Waals surface area (Å²) in [6.45, 7) is -0.662. The van der Waals surface area contributed by atoms with Crippen LogP contribution in [0.15, 0.2) is 34.5 Å². The number of benzene rings is 1. The summed E-state index contributed by atoms with van der Waals surface area (Å²) in [6.07, 6.45) is -5.70. The van der Waals surface area contributed by atoms with E-state index in [1.807, 2.05) is 0 Å². The summed E-state index contributed by atoms with van der Waals surface area (Å²) in [5.74, 6) is -0.570. The summed E-state index contributed by atoms with van der Waals surface area (Å²) in [6, 6.07) is 4.69. The summed E-state index contributed by atoms with van der Waals surface area (Å²) in [5.41, 5.74) is -2.54. The number of carbonyl (C=O) groups excluding carboxylic acids is 1. The van der Waals surface area contributed by atoms with Gasteiger partial charge in [-0.1, -0.05) is 12.1 Å². The highest BCUT2D eigenvalue weighted by atomic mass is 19.4. The number of alkyl halides is 3. The Balaban J connectivity index is 2.05. The van der Waals surface area contributed by atoms with E-state index >= 15 is 0 Å². The number of carbonyl (C=O) groups is 1. The second-order valence-corrected chi connectivity index (χ2v) is 4.49. The molecule has 21 heavy (non-hydrogen) atoms. The number of amides is 1. The Kier molecular flexibility index (Phi) is 3.97. The first-order valence-corrected chi connectivity index (χ1v) is 5.98. The third kappa shape index (κ3) is 3.03. The standard InChI is InChI=1S/C12H12F3N3O3/c13-12(14,15)11(17-18-11)8-3-1-7(2-4-8)10(21)16-5-9(20)6-19/h1-4,9,19-20H,5-6H2,(H,16,21). The summed E-state index contributed by atoms with van der Waals surface area (Å²) in [4.78, 5) is 11.7. The zero-order chi connectivity index (χ0) is 15.7. The van der Waals surface area contributed by atoms with E-state index in [0.717, 1.165) is 12.1 Å². The Morgan fingerprint density at radius 1 is 1.29 bits per heavy atom. The van der Waals surface area contributed by atoms with E-state index in [1.54, 1.807) is 0 Å². The number of rotatable bonds is 5. The quantitative estimate of drug-likeness (QED) is 0.756. The lowest BCUT2D eigenvalue weighted by Gasteiger charge is -2.15. The first-order chi connectivity index (χ1) is 9.80. The predicted octanol–water partition coefficient (Wildman–Crippen LogP) is 0.950. The average molecular weight is 303 g/mol. The molecule has 6 nitrogen and oxygen atoms in total. The third-order valence-electron chi connectivity index (χ3n) is 2.95. The van der Waals surface area contributed by atoms with Crippen molar-refractivity contribution < 1.29 is 28.2 Å². The van der Waals surface area contributed by atoms with Crippen LogP contribution in [0.4, 0.5) is 13.2 Å². The van der Waals surface area contributed by atoms with Gasteiger partial charge >= 0.3 is 11.8 Å². The van der Waals surface area contributed by atoms with Crippen LogP contribution in [-0.4, -0.2) is 41.6 Å². The molecule has 1 amide bonds. The minimum absolute atomic E-state index is 0.127. The minimum atomic E-state index is -4.61. The molecule has 1 heterocycles. The van der Waals surface area contributed by atoms with Gasteiger partial charge in [0.15, 0.2) is 0 Å². The van der Waals surface area contributed by atoms with Gasteiger partial charge in [-0.3, -0.25) is 4.79 Å². The van der Waals surface area contributed by atoms with Gasteiger partial charge < -0.3 is 15.5 Å². The molecule has 1 atom stereocenters. The van der Waals surface area contributed by atoms with Crippen molar-refractivity contribution in [3.8, 4) is 0 Å². The van der Waals surface area contributed by atoms with Crippen molar-refractivity contribution in [2.24, 2.45) is 10.2 Å². The SMILES string of the molecule is O=C(NCC(O)CO)c1ccc(C2(C(F)(F)F)N=N2)cc1. The number of hydrogen-bond acceptors (Lipinski definition) is 5. The van der Waals surface area contributed by atoms with E-state index in [0.29, 0.717) is 0 Å². The first kappa shape index (κ1) is 15.4. The maximum atomic E-state index is 12.8. The summed E-state index contributed by atoms with van der Waals surface area (Å²) in [7, 11) is 0.